The van der Waals surface area contributed by atoms with E-state index in [0.717, 1.165) is 25.0 Å². The third-order valence-corrected chi connectivity index (χ3v) is 4.52. The highest BCUT2D eigenvalue weighted by atomic mass is 32.1. The molecule has 2 aromatic heterocycles. The van der Waals surface area contributed by atoms with E-state index in [2.05, 4.69) is 52.9 Å². The Morgan fingerprint density at radius 2 is 1.95 bits per heavy atom. The van der Waals surface area contributed by atoms with Crippen molar-refractivity contribution in [2.45, 2.75) is 26.4 Å². The normalized spacial score (nSPS) is 11.1. The second-order valence-corrected chi connectivity index (χ2v) is 5.81. The van der Waals surface area contributed by atoms with Gasteiger partial charge in [0.15, 0.2) is 0 Å². The Bertz CT molecular complexity index is 698. The van der Waals surface area contributed by atoms with Crippen molar-refractivity contribution >= 4 is 22.2 Å². The van der Waals surface area contributed by atoms with E-state index in [1.807, 2.05) is 23.6 Å². The van der Waals surface area contributed by atoms with Crippen molar-refractivity contribution in [1.29, 1.82) is 0 Å². The fraction of sp³-hybridized carbons (Fsp3) is 0.235. The highest BCUT2D eigenvalue weighted by Gasteiger charge is 2.04. The number of hydrogen-bond acceptors (Lipinski definition) is 3. The molecule has 0 atom stereocenters. The number of pyridine rings is 1. The molecule has 2 heterocycles. The van der Waals surface area contributed by atoms with Crippen molar-refractivity contribution in [3.8, 4) is 0 Å². The summed E-state index contributed by atoms with van der Waals surface area (Å²) in [6.07, 6.45) is 3.00. The molecule has 3 aromatic rings. The van der Waals surface area contributed by atoms with Gasteiger partial charge >= 0.3 is 0 Å². The summed E-state index contributed by atoms with van der Waals surface area (Å²) in [4.78, 5) is 5.85. The summed E-state index contributed by atoms with van der Waals surface area (Å²) in [7, 11) is 0. The zero-order valence-corrected chi connectivity index (χ0v) is 12.4. The van der Waals surface area contributed by atoms with Crippen LogP contribution in [0.5, 0.6) is 0 Å². The molecule has 0 spiro atoms. The fourth-order valence-corrected chi connectivity index (χ4v) is 3.40. The van der Waals surface area contributed by atoms with E-state index in [9.17, 15) is 0 Å². The number of thiophene rings is 1. The van der Waals surface area contributed by atoms with Gasteiger partial charge in [-0.1, -0.05) is 25.1 Å². The van der Waals surface area contributed by atoms with Crippen molar-refractivity contribution in [3.05, 3.63) is 64.0 Å². The number of aryl methyl sites for hydroxylation is 1. The molecule has 3 rings (SSSR count). The minimum atomic E-state index is 0.879. The number of nitrogens with zero attached hydrogens (tertiary/aromatic N) is 1. The third kappa shape index (κ3) is 2.74. The molecule has 0 saturated carbocycles. The Balaban J connectivity index is 1.71. The Hall–Kier alpha value is -1.71. The van der Waals surface area contributed by atoms with Crippen LogP contribution in [0.15, 0.2) is 48.0 Å². The third-order valence-electron chi connectivity index (χ3n) is 3.56. The number of nitrogens with one attached hydrogen (secondary N) is 1. The van der Waals surface area contributed by atoms with Crippen molar-refractivity contribution in [2.75, 3.05) is 0 Å². The molecule has 2 nitrogen and oxygen atoms in total. The van der Waals surface area contributed by atoms with Gasteiger partial charge in [-0.2, -0.15) is 0 Å². The minimum Gasteiger partial charge on any atom is -0.308 e. The number of hydrogen-bond donors (Lipinski definition) is 1. The van der Waals surface area contributed by atoms with E-state index in [4.69, 9.17) is 0 Å². The van der Waals surface area contributed by atoms with Crippen molar-refractivity contribution < 1.29 is 0 Å². The van der Waals surface area contributed by atoms with Gasteiger partial charge in [-0.25, -0.2) is 0 Å². The molecule has 0 aliphatic carbocycles. The van der Waals surface area contributed by atoms with Crippen LogP contribution in [0.2, 0.25) is 0 Å². The van der Waals surface area contributed by atoms with E-state index in [-0.39, 0.29) is 0 Å². The zero-order chi connectivity index (χ0) is 13.8. The van der Waals surface area contributed by atoms with Gasteiger partial charge in [0.1, 0.15) is 0 Å². The van der Waals surface area contributed by atoms with E-state index < -0.39 is 0 Å². The van der Waals surface area contributed by atoms with Crippen LogP contribution < -0.4 is 5.32 Å². The molecule has 0 radical (unpaired) electrons. The maximum Gasteiger partial charge on any atom is 0.0705 e. The summed E-state index contributed by atoms with van der Waals surface area (Å²) in [5, 5.41) is 6.97. The van der Waals surface area contributed by atoms with Crippen molar-refractivity contribution in [3.63, 3.8) is 0 Å². The molecule has 20 heavy (non-hydrogen) atoms. The summed E-state index contributed by atoms with van der Waals surface area (Å²) in [6.45, 7) is 4.03. The lowest BCUT2D eigenvalue weighted by atomic mass is 10.1. The maximum atomic E-state index is 4.40. The van der Waals surface area contributed by atoms with Crippen LogP contribution in [0.4, 0.5) is 0 Å². The second kappa shape index (κ2) is 6.16. The quantitative estimate of drug-likeness (QED) is 0.760. The first kappa shape index (κ1) is 13.3. The van der Waals surface area contributed by atoms with Crippen LogP contribution in [-0.4, -0.2) is 4.98 Å². The van der Waals surface area contributed by atoms with Crippen LogP contribution in [0.1, 0.15) is 22.9 Å². The predicted octanol–water partition coefficient (Wildman–Crippen LogP) is 4.15. The number of fused-ring (bicyclic) bond motifs is 1. The molecule has 0 saturated heterocycles. The van der Waals surface area contributed by atoms with E-state index >= 15 is 0 Å². The lowest BCUT2D eigenvalue weighted by Gasteiger charge is -2.08. The molecule has 0 amide bonds. The lowest BCUT2D eigenvalue weighted by Crippen LogP contribution is -2.13. The lowest BCUT2D eigenvalue weighted by molar-refractivity contribution is 0.699. The van der Waals surface area contributed by atoms with Crippen LogP contribution in [0.3, 0.4) is 0 Å². The van der Waals surface area contributed by atoms with Crippen LogP contribution in [-0.2, 0) is 19.5 Å². The van der Waals surface area contributed by atoms with E-state index in [1.54, 1.807) is 0 Å². The van der Waals surface area contributed by atoms with E-state index in [0.29, 0.717) is 0 Å². The van der Waals surface area contributed by atoms with Gasteiger partial charge in [0, 0.05) is 29.5 Å². The van der Waals surface area contributed by atoms with Crippen molar-refractivity contribution in [2.24, 2.45) is 0 Å². The van der Waals surface area contributed by atoms with E-state index in [1.165, 1.54) is 21.4 Å². The predicted molar refractivity (Wildman–Crippen MR) is 86.0 cm³/mol. The Labute approximate surface area is 123 Å². The average molecular weight is 282 g/mol. The summed E-state index contributed by atoms with van der Waals surface area (Å²) >= 11 is 1.84. The molecular formula is C17H18N2S. The molecule has 1 aromatic carbocycles. The van der Waals surface area contributed by atoms with Gasteiger partial charge in [0.2, 0.25) is 0 Å². The Kier molecular flexibility index (Phi) is 4.09. The monoisotopic (exact) mass is 282 g/mol. The Morgan fingerprint density at radius 1 is 1.05 bits per heavy atom. The first-order valence-corrected chi connectivity index (χ1v) is 7.85. The summed E-state index contributed by atoms with van der Waals surface area (Å²) < 4.78 is 0. The number of aromatic nitrogens is 1. The van der Waals surface area contributed by atoms with Gasteiger partial charge < -0.3 is 5.32 Å². The van der Waals surface area contributed by atoms with Gasteiger partial charge in [-0.15, -0.1) is 11.3 Å². The summed E-state index contributed by atoms with van der Waals surface area (Å²) in [6, 6.07) is 12.6. The highest BCUT2D eigenvalue weighted by molar-refractivity contribution is 7.10. The standard InChI is InChI=1S/C17H18N2S/c1-2-13-8-10-20-17(13)12-18-11-14-7-9-19-16-6-4-3-5-15(14)16/h3-10,18H,2,11-12H2,1H3. The minimum absolute atomic E-state index is 0.879. The molecule has 0 aliphatic rings. The van der Waals surface area contributed by atoms with Crippen LogP contribution in [0.25, 0.3) is 10.9 Å². The number of benzene rings is 1. The van der Waals surface area contributed by atoms with Gasteiger partial charge in [-0.3, -0.25) is 4.98 Å². The molecule has 0 unspecified atom stereocenters. The Morgan fingerprint density at radius 3 is 2.85 bits per heavy atom. The summed E-state index contributed by atoms with van der Waals surface area (Å²) in [5.41, 5.74) is 3.84. The van der Waals surface area contributed by atoms with Gasteiger partial charge in [0.25, 0.3) is 0 Å². The number of rotatable bonds is 5. The number of para-hydroxylation sites is 1. The zero-order valence-electron chi connectivity index (χ0n) is 11.6. The van der Waals surface area contributed by atoms with Crippen molar-refractivity contribution in [1.82, 2.24) is 10.3 Å². The smallest absolute Gasteiger partial charge is 0.0705 e. The van der Waals surface area contributed by atoms with Crippen LogP contribution >= 0.6 is 11.3 Å². The maximum absolute atomic E-state index is 4.40. The molecular weight excluding hydrogens is 264 g/mol. The first-order chi connectivity index (χ1) is 9.88. The topological polar surface area (TPSA) is 24.9 Å². The SMILES string of the molecule is CCc1ccsc1CNCc1ccnc2ccccc12. The van der Waals surface area contributed by atoms with Gasteiger partial charge in [0.05, 0.1) is 5.52 Å². The van der Waals surface area contributed by atoms with Crippen LogP contribution in [0, 0.1) is 0 Å². The molecule has 0 bridgehead atoms. The molecule has 0 aliphatic heterocycles. The summed E-state index contributed by atoms with van der Waals surface area (Å²) in [5.74, 6) is 0. The largest absolute Gasteiger partial charge is 0.308 e. The highest BCUT2D eigenvalue weighted by Crippen LogP contribution is 2.18. The molecule has 1 N–H and O–H groups in total. The van der Waals surface area contributed by atoms with Gasteiger partial charge in [-0.05, 0) is 41.1 Å². The fourth-order valence-electron chi connectivity index (χ4n) is 2.46. The first-order valence-electron chi connectivity index (χ1n) is 6.97. The molecule has 0 fully saturated rings. The average Bonchev–Trinajstić information content (AvgIpc) is 2.95. The molecule has 3 heteroatoms. The molecule has 102 valence electrons. The second-order valence-electron chi connectivity index (χ2n) is 4.81.